The predicted octanol–water partition coefficient (Wildman–Crippen LogP) is 0.560. The number of nitrogens with zero attached hydrogens (tertiary/aromatic N) is 4. The molecule has 1 aliphatic rings. The maximum absolute atomic E-state index is 12.2. The Bertz CT molecular complexity index is 674. The van der Waals surface area contributed by atoms with Gasteiger partial charge >= 0.3 is 0 Å². The summed E-state index contributed by atoms with van der Waals surface area (Å²) in [6.07, 6.45) is 3.68. The predicted molar refractivity (Wildman–Crippen MR) is 88.7 cm³/mol. The van der Waals surface area contributed by atoms with E-state index in [1.54, 1.807) is 17.2 Å². The summed E-state index contributed by atoms with van der Waals surface area (Å²) in [7, 11) is 1.96. The standard InChI is InChI=1S/C15H19N5O2S/c1-18-5-4-16-15(18)20-8-6-19(7-9-20)13(21)11-17-14(22)12-3-2-10-23-12/h2-5,10H,6-9,11H2,1H3,(H,17,22). The van der Waals surface area contributed by atoms with Crippen LogP contribution < -0.4 is 10.2 Å². The van der Waals surface area contributed by atoms with E-state index in [0.29, 0.717) is 18.0 Å². The number of imidazole rings is 1. The monoisotopic (exact) mass is 333 g/mol. The first-order chi connectivity index (χ1) is 11.1. The second kappa shape index (κ2) is 6.82. The van der Waals surface area contributed by atoms with E-state index in [2.05, 4.69) is 15.2 Å². The number of anilines is 1. The smallest absolute Gasteiger partial charge is 0.261 e. The molecule has 0 bridgehead atoms. The van der Waals surface area contributed by atoms with Crippen molar-refractivity contribution in [2.24, 2.45) is 7.05 Å². The van der Waals surface area contributed by atoms with Gasteiger partial charge in [-0.3, -0.25) is 9.59 Å². The highest BCUT2D eigenvalue weighted by Gasteiger charge is 2.23. The summed E-state index contributed by atoms with van der Waals surface area (Å²) >= 11 is 1.37. The van der Waals surface area contributed by atoms with E-state index >= 15 is 0 Å². The van der Waals surface area contributed by atoms with Gasteiger partial charge in [0.2, 0.25) is 11.9 Å². The molecule has 8 heteroatoms. The summed E-state index contributed by atoms with van der Waals surface area (Å²) in [4.78, 5) is 33.0. The highest BCUT2D eigenvalue weighted by atomic mass is 32.1. The maximum atomic E-state index is 12.2. The van der Waals surface area contributed by atoms with Crippen LogP contribution >= 0.6 is 11.3 Å². The summed E-state index contributed by atoms with van der Waals surface area (Å²) in [6, 6.07) is 3.56. The molecule has 23 heavy (non-hydrogen) atoms. The zero-order valence-corrected chi connectivity index (χ0v) is 13.8. The zero-order valence-electron chi connectivity index (χ0n) is 12.9. The molecular weight excluding hydrogens is 314 g/mol. The number of rotatable bonds is 4. The summed E-state index contributed by atoms with van der Waals surface area (Å²) < 4.78 is 1.97. The van der Waals surface area contributed by atoms with Crippen molar-refractivity contribution in [1.29, 1.82) is 0 Å². The third-order valence-corrected chi connectivity index (χ3v) is 4.72. The highest BCUT2D eigenvalue weighted by Crippen LogP contribution is 2.13. The van der Waals surface area contributed by atoms with Crippen LogP contribution in [0.1, 0.15) is 9.67 Å². The fraction of sp³-hybridized carbons (Fsp3) is 0.400. The fourth-order valence-corrected chi connectivity index (χ4v) is 3.22. The first kappa shape index (κ1) is 15.5. The van der Waals surface area contributed by atoms with E-state index in [-0.39, 0.29) is 18.4 Å². The van der Waals surface area contributed by atoms with Gasteiger partial charge in [0.05, 0.1) is 11.4 Å². The SMILES string of the molecule is Cn1ccnc1N1CCN(C(=O)CNC(=O)c2cccs2)CC1. The lowest BCUT2D eigenvalue weighted by Gasteiger charge is -2.35. The molecule has 0 radical (unpaired) electrons. The maximum Gasteiger partial charge on any atom is 0.261 e. The number of hydrogen-bond acceptors (Lipinski definition) is 5. The lowest BCUT2D eigenvalue weighted by Crippen LogP contribution is -2.51. The minimum absolute atomic E-state index is 0.0408. The Labute approximate surface area is 138 Å². The third-order valence-electron chi connectivity index (χ3n) is 3.86. The summed E-state index contributed by atoms with van der Waals surface area (Å²) in [5, 5.41) is 4.52. The molecular formula is C15H19N5O2S. The van der Waals surface area contributed by atoms with Crippen LogP contribution in [0.25, 0.3) is 0 Å². The molecule has 122 valence electrons. The molecule has 7 nitrogen and oxygen atoms in total. The van der Waals surface area contributed by atoms with E-state index in [9.17, 15) is 9.59 Å². The van der Waals surface area contributed by atoms with Gasteiger partial charge in [0.25, 0.3) is 5.91 Å². The number of thiophene rings is 1. The number of carbonyl (C=O) groups excluding carboxylic acids is 2. The summed E-state index contributed by atoms with van der Waals surface area (Å²) in [5.41, 5.74) is 0. The third kappa shape index (κ3) is 3.53. The van der Waals surface area contributed by atoms with Crippen LogP contribution in [0.5, 0.6) is 0 Å². The average molecular weight is 333 g/mol. The van der Waals surface area contributed by atoms with Crippen molar-refractivity contribution in [3.8, 4) is 0 Å². The van der Waals surface area contributed by atoms with E-state index in [1.807, 2.05) is 29.3 Å². The molecule has 3 heterocycles. The molecule has 2 amide bonds. The molecule has 0 saturated carbocycles. The van der Waals surface area contributed by atoms with E-state index < -0.39 is 0 Å². The van der Waals surface area contributed by atoms with Gasteiger partial charge in [0.15, 0.2) is 0 Å². The van der Waals surface area contributed by atoms with Gasteiger partial charge in [-0.1, -0.05) is 6.07 Å². The van der Waals surface area contributed by atoms with E-state index in [0.717, 1.165) is 19.0 Å². The molecule has 1 N–H and O–H groups in total. The van der Waals surface area contributed by atoms with Crippen molar-refractivity contribution in [1.82, 2.24) is 19.8 Å². The average Bonchev–Trinajstić information content (AvgIpc) is 3.24. The summed E-state index contributed by atoms with van der Waals surface area (Å²) in [5.74, 6) is 0.678. The Morgan fingerprint density at radius 1 is 1.30 bits per heavy atom. The largest absolute Gasteiger partial charge is 0.342 e. The second-order valence-electron chi connectivity index (χ2n) is 5.37. The van der Waals surface area contributed by atoms with Crippen LogP contribution in [0.3, 0.4) is 0 Å². The Morgan fingerprint density at radius 3 is 2.70 bits per heavy atom. The number of nitrogens with one attached hydrogen (secondary N) is 1. The molecule has 0 atom stereocenters. The molecule has 2 aromatic heterocycles. The number of carbonyl (C=O) groups is 2. The first-order valence-electron chi connectivity index (χ1n) is 7.47. The highest BCUT2D eigenvalue weighted by molar-refractivity contribution is 7.12. The lowest BCUT2D eigenvalue weighted by molar-refractivity contribution is -0.130. The lowest BCUT2D eigenvalue weighted by atomic mass is 10.3. The Morgan fingerprint density at radius 2 is 2.09 bits per heavy atom. The van der Waals surface area contributed by atoms with Gasteiger partial charge in [-0.2, -0.15) is 0 Å². The van der Waals surface area contributed by atoms with Crippen molar-refractivity contribution in [2.75, 3.05) is 37.6 Å². The molecule has 0 aromatic carbocycles. The number of aromatic nitrogens is 2. The summed E-state index contributed by atoms with van der Waals surface area (Å²) in [6.45, 7) is 2.81. The van der Waals surface area contributed by atoms with E-state index in [4.69, 9.17) is 0 Å². The molecule has 2 aromatic rings. The van der Waals surface area contributed by atoms with Crippen molar-refractivity contribution in [3.05, 3.63) is 34.8 Å². The molecule has 1 aliphatic heterocycles. The number of aryl methyl sites for hydroxylation is 1. The number of hydrogen-bond donors (Lipinski definition) is 1. The fourth-order valence-electron chi connectivity index (χ4n) is 2.58. The van der Waals surface area contributed by atoms with Gasteiger partial charge in [-0.05, 0) is 11.4 Å². The quantitative estimate of drug-likeness (QED) is 0.888. The molecule has 0 unspecified atom stereocenters. The van der Waals surface area contributed by atoms with Crippen LogP contribution in [0.4, 0.5) is 5.95 Å². The first-order valence-corrected chi connectivity index (χ1v) is 8.35. The van der Waals surface area contributed by atoms with Crippen molar-refractivity contribution in [3.63, 3.8) is 0 Å². The van der Waals surface area contributed by atoms with Crippen molar-refractivity contribution < 1.29 is 9.59 Å². The minimum atomic E-state index is -0.194. The molecule has 0 aliphatic carbocycles. The van der Waals surface area contributed by atoms with Gasteiger partial charge in [0.1, 0.15) is 0 Å². The number of piperazine rings is 1. The topological polar surface area (TPSA) is 70.5 Å². The Kier molecular flexibility index (Phi) is 4.61. The van der Waals surface area contributed by atoms with Gasteiger partial charge in [-0.25, -0.2) is 4.98 Å². The van der Waals surface area contributed by atoms with Gasteiger partial charge in [0, 0.05) is 45.6 Å². The molecule has 0 spiro atoms. The molecule has 3 rings (SSSR count). The van der Waals surface area contributed by atoms with Crippen LogP contribution in [-0.2, 0) is 11.8 Å². The second-order valence-corrected chi connectivity index (χ2v) is 6.31. The normalized spacial score (nSPS) is 14.8. The van der Waals surface area contributed by atoms with Crippen LogP contribution in [0.15, 0.2) is 29.9 Å². The van der Waals surface area contributed by atoms with Gasteiger partial charge in [-0.15, -0.1) is 11.3 Å². The van der Waals surface area contributed by atoms with E-state index in [1.165, 1.54) is 11.3 Å². The Balaban J connectivity index is 1.47. The van der Waals surface area contributed by atoms with Crippen molar-refractivity contribution in [2.45, 2.75) is 0 Å². The van der Waals surface area contributed by atoms with Crippen LogP contribution in [0.2, 0.25) is 0 Å². The van der Waals surface area contributed by atoms with Gasteiger partial charge < -0.3 is 19.7 Å². The molecule has 1 fully saturated rings. The zero-order chi connectivity index (χ0) is 16.2. The number of amides is 2. The van der Waals surface area contributed by atoms with Crippen molar-refractivity contribution >= 4 is 29.1 Å². The van der Waals surface area contributed by atoms with Crippen LogP contribution in [0, 0.1) is 0 Å². The van der Waals surface area contributed by atoms with Crippen LogP contribution in [-0.4, -0.2) is 59.0 Å². The minimum Gasteiger partial charge on any atom is -0.342 e. The molecule has 1 saturated heterocycles. The Hall–Kier alpha value is -2.35.